The molecule has 5 nitrogen and oxygen atoms in total. The first-order valence-electron chi connectivity index (χ1n) is 7.65. The van der Waals surface area contributed by atoms with Crippen molar-refractivity contribution in [3.05, 3.63) is 28.8 Å². The van der Waals surface area contributed by atoms with E-state index in [0.29, 0.717) is 17.3 Å². The highest BCUT2D eigenvalue weighted by Gasteiger charge is 2.36. The third kappa shape index (κ3) is 5.84. The molecular formula is C17H26ClN3O2. The van der Waals surface area contributed by atoms with Crippen LogP contribution in [0.15, 0.2) is 18.2 Å². The van der Waals surface area contributed by atoms with Crippen LogP contribution in [0.25, 0.3) is 0 Å². The number of nitrogens with zero attached hydrogens (tertiary/aromatic N) is 1. The maximum atomic E-state index is 12.5. The second-order valence-corrected chi connectivity index (χ2v) is 6.89. The molecule has 2 amide bonds. The van der Waals surface area contributed by atoms with E-state index in [-0.39, 0.29) is 11.8 Å². The van der Waals surface area contributed by atoms with Crippen molar-refractivity contribution in [1.82, 2.24) is 10.2 Å². The predicted octanol–water partition coefficient (Wildman–Crippen LogP) is 2.68. The molecule has 0 unspecified atom stereocenters. The average Bonchev–Trinajstić information content (AvgIpc) is 2.46. The molecule has 0 spiro atoms. The van der Waals surface area contributed by atoms with E-state index in [0.717, 1.165) is 18.5 Å². The maximum Gasteiger partial charge on any atom is 0.239 e. The van der Waals surface area contributed by atoms with E-state index < -0.39 is 5.41 Å². The van der Waals surface area contributed by atoms with Gasteiger partial charge in [-0.3, -0.25) is 9.59 Å². The summed E-state index contributed by atoms with van der Waals surface area (Å²) in [6.45, 7) is 6.53. The van der Waals surface area contributed by atoms with Crippen molar-refractivity contribution >= 4 is 29.1 Å². The van der Waals surface area contributed by atoms with Gasteiger partial charge in [0.15, 0.2) is 0 Å². The summed E-state index contributed by atoms with van der Waals surface area (Å²) >= 11 is 5.95. The minimum atomic E-state index is -1.16. The van der Waals surface area contributed by atoms with Crippen molar-refractivity contribution in [3.8, 4) is 0 Å². The van der Waals surface area contributed by atoms with E-state index in [4.69, 9.17) is 11.6 Å². The number of nitrogens with one attached hydrogen (secondary N) is 2. The van der Waals surface area contributed by atoms with E-state index in [9.17, 15) is 9.59 Å². The maximum absolute atomic E-state index is 12.5. The van der Waals surface area contributed by atoms with Gasteiger partial charge in [-0.1, -0.05) is 17.7 Å². The van der Waals surface area contributed by atoms with Crippen molar-refractivity contribution < 1.29 is 9.59 Å². The largest absolute Gasteiger partial charge is 0.355 e. The molecule has 0 aromatic heterocycles. The molecule has 0 radical (unpaired) electrons. The number of halogens is 1. The molecule has 1 aromatic carbocycles. The van der Waals surface area contributed by atoms with E-state index in [1.54, 1.807) is 26.0 Å². The topological polar surface area (TPSA) is 61.4 Å². The summed E-state index contributed by atoms with van der Waals surface area (Å²) in [5.74, 6) is -0.638. The van der Waals surface area contributed by atoms with Crippen molar-refractivity contribution in [1.29, 1.82) is 0 Å². The van der Waals surface area contributed by atoms with Crippen molar-refractivity contribution in [3.63, 3.8) is 0 Å². The Hall–Kier alpha value is -1.59. The molecule has 0 saturated carbocycles. The van der Waals surface area contributed by atoms with Gasteiger partial charge in [-0.15, -0.1) is 0 Å². The summed E-state index contributed by atoms with van der Waals surface area (Å²) in [6.07, 6.45) is 0.837. The van der Waals surface area contributed by atoms with Gasteiger partial charge < -0.3 is 15.5 Å². The molecule has 0 fully saturated rings. The summed E-state index contributed by atoms with van der Waals surface area (Å²) in [7, 11) is 3.96. The van der Waals surface area contributed by atoms with Gasteiger partial charge >= 0.3 is 0 Å². The van der Waals surface area contributed by atoms with Crippen LogP contribution < -0.4 is 10.6 Å². The molecule has 23 heavy (non-hydrogen) atoms. The number of anilines is 1. The lowest BCUT2D eigenvalue weighted by Gasteiger charge is -2.23. The fraction of sp³-hybridized carbons (Fsp3) is 0.529. The fourth-order valence-corrected chi connectivity index (χ4v) is 2.10. The van der Waals surface area contributed by atoms with Gasteiger partial charge in [0.2, 0.25) is 11.8 Å². The van der Waals surface area contributed by atoms with Crippen LogP contribution in [0, 0.1) is 12.3 Å². The molecule has 2 N–H and O–H groups in total. The Kier molecular flexibility index (Phi) is 7.03. The minimum Gasteiger partial charge on any atom is -0.355 e. The zero-order valence-corrected chi connectivity index (χ0v) is 15.3. The Labute approximate surface area is 143 Å². The van der Waals surface area contributed by atoms with Gasteiger partial charge in [-0.05, 0) is 65.5 Å². The highest BCUT2D eigenvalue weighted by molar-refractivity contribution is 6.31. The molecule has 1 rings (SSSR count). The average molecular weight is 340 g/mol. The molecular weight excluding hydrogens is 314 g/mol. The Morgan fingerprint density at radius 2 is 1.87 bits per heavy atom. The predicted molar refractivity (Wildman–Crippen MR) is 94.8 cm³/mol. The highest BCUT2D eigenvalue weighted by atomic mass is 35.5. The van der Waals surface area contributed by atoms with Crippen LogP contribution in [0.4, 0.5) is 5.69 Å². The SMILES string of the molecule is Cc1ccc(Cl)cc1NC(=O)C(C)(C)C(=O)NCCCN(C)C. The van der Waals surface area contributed by atoms with Crippen molar-refractivity contribution in [2.75, 3.05) is 32.5 Å². The number of rotatable bonds is 7. The van der Waals surface area contributed by atoms with Gasteiger partial charge in [-0.2, -0.15) is 0 Å². The highest BCUT2D eigenvalue weighted by Crippen LogP contribution is 2.24. The standard InChI is InChI=1S/C17H26ClN3O2/c1-12-7-8-13(18)11-14(12)20-16(23)17(2,3)15(22)19-9-6-10-21(4)5/h7-8,11H,6,9-10H2,1-5H3,(H,19,22)(H,20,23). The van der Waals surface area contributed by atoms with Gasteiger partial charge in [0.25, 0.3) is 0 Å². The molecule has 0 aliphatic rings. The zero-order chi connectivity index (χ0) is 17.6. The molecule has 0 heterocycles. The summed E-state index contributed by atoms with van der Waals surface area (Å²) in [5, 5.41) is 6.15. The second-order valence-electron chi connectivity index (χ2n) is 6.45. The van der Waals surface area contributed by atoms with E-state index in [1.807, 2.05) is 32.0 Å². The number of benzene rings is 1. The quantitative estimate of drug-likeness (QED) is 0.593. The number of amides is 2. The van der Waals surface area contributed by atoms with Gasteiger partial charge in [0, 0.05) is 17.3 Å². The smallest absolute Gasteiger partial charge is 0.239 e. The van der Waals surface area contributed by atoms with E-state index >= 15 is 0 Å². The minimum absolute atomic E-state index is 0.284. The van der Waals surface area contributed by atoms with Gasteiger partial charge in [-0.25, -0.2) is 0 Å². The van der Waals surface area contributed by atoms with Crippen molar-refractivity contribution in [2.45, 2.75) is 27.2 Å². The number of hydrogen-bond donors (Lipinski definition) is 2. The van der Waals surface area contributed by atoms with E-state index in [1.165, 1.54) is 0 Å². The molecule has 0 saturated heterocycles. The number of carbonyl (C=O) groups excluding carboxylic acids is 2. The number of aryl methyl sites for hydroxylation is 1. The first kappa shape index (κ1) is 19.5. The number of hydrogen-bond acceptors (Lipinski definition) is 3. The molecule has 6 heteroatoms. The number of carbonyl (C=O) groups is 2. The van der Waals surface area contributed by atoms with Crippen LogP contribution >= 0.6 is 11.6 Å². The van der Waals surface area contributed by atoms with Crippen LogP contribution in [0.2, 0.25) is 5.02 Å². The fourth-order valence-electron chi connectivity index (χ4n) is 1.93. The third-order valence-electron chi connectivity index (χ3n) is 3.65. The van der Waals surface area contributed by atoms with Crippen molar-refractivity contribution in [2.24, 2.45) is 5.41 Å². The molecule has 0 aliphatic carbocycles. The summed E-state index contributed by atoms with van der Waals surface area (Å²) in [6, 6.07) is 5.27. The second kappa shape index (κ2) is 8.31. The van der Waals surface area contributed by atoms with Crippen LogP contribution in [0.1, 0.15) is 25.8 Å². The van der Waals surface area contributed by atoms with Gasteiger partial charge in [0.05, 0.1) is 0 Å². The van der Waals surface area contributed by atoms with E-state index in [2.05, 4.69) is 10.6 Å². The summed E-state index contributed by atoms with van der Waals surface area (Å²) in [4.78, 5) is 26.8. The van der Waals surface area contributed by atoms with Crippen LogP contribution in [-0.4, -0.2) is 43.9 Å². The summed E-state index contributed by atoms with van der Waals surface area (Å²) in [5.41, 5.74) is 0.355. The Balaban J connectivity index is 2.65. The molecule has 1 aromatic rings. The first-order valence-corrected chi connectivity index (χ1v) is 8.03. The molecule has 0 atom stereocenters. The molecule has 0 aliphatic heterocycles. The van der Waals surface area contributed by atoms with Crippen LogP contribution in [-0.2, 0) is 9.59 Å². The monoisotopic (exact) mass is 339 g/mol. The van der Waals surface area contributed by atoms with Gasteiger partial charge in [0.1, 0.15) is 5.41 Å². The third-order valence-corrected chi connectivity index (χ3v) is 3.89. The molecule has 0 bridgehead atoms. The zero-order valence-electron chi connectivity index (χ0n) is 14.5. The Morgan fingerprint density at radius 3 is 2.48 bits per heavy atom. The van der Waals surface area contributed by atoms with Crippen LogP contribution in [0.5, 0.6) is 0 Å². The Morgan fingerprint density at radius 1 is 1.22 bits per heavy atom. The Bertz CT molecular complexity index is 571. The normalized spacial score (nSPS) is 11.4. The summed E-state index contributed by atoms with van der Waals surface area (Å²) < 4.78 is 0. The molecule has 128 valence electrons. The lowest BCUT2D eigenvalue weighted by molar-refractivity contribution is -0.138. The lowest BCUT2D eigenvalue weighted by Crippen LogP contribution is -2.45. The lowest BCUT2D eigenvalue weighted by atomic mass is 9.90. The van der Waals surface area contributed by atoms with Crippen LogP contribution in [0.3, 0.4) is 0 Å². The first-order chi connectivity index (χ1) is 10.6.